The Morgan fingerprint density at radius 3 is 1.39 bits per heavy atom. The molecule has 4 atom stereocenters. The predicted octanol–water partition coefficient (Wildman–Crippen LogP) is 12.1. The average molecular weight is 758 g/mol. The second-order valence-corrected chi connectivity index (χ2v) is 15.4. The summed E-state index contributed by atoms with van der Waals surface area (Å²) in [5.74, 6) is -0.606. The molecule has 0 aromatic carbocycles. The molecule has 0 aromatic rings. The first-order chi connectivity index (χ1) is 26.5. The van der Waals surface area contributed by atoms with Crippen LogP contribution in [0.4, 0.5) is 0 Å². The van der Waals surface area contributed by atoms with Crippen molar-refractivity contribution in [1.82, 2.24) is 5.32 Å². The first kappa shape index (κ1) is 52.0. The van der Waals surface area contributed by atoms with Crippen molar-refractivity contribution in [2.24, 2.45) is 0 Å². The Kier molecular flexibility index (Phi) is 40.6. The van der Waals surface area contributed by atoms with Gasteiger partial charge in [0, 0.05) is 0 Å². The van der Waals surface area contributed by atoms with Crippen LogP contribution in [0.5, 0.6) is 0 Å². The summed E-state index contributed by atoms with van der Waals surface area (Å²) in [6.07, 6.45) is 52.8. The van der Waals surface area contributed by atoms with Crippen molar-refractivity contribution in [2.75, 3.05) is 6.61 Å². The zero-order valence-corrected chi connectivity index (χ0v) is 35.2. The Morgan fingerprint density at radius 1 is 0.500 bits per heavy atom. The van der Waals surface area contributed by atoms with E-state index < -0.39 is 36.9 Å². The van der Waals surface area contributed by atoms with Gasteiger partial charge >= 0.3 is 0 Å². The van der Waals surface area contributed by atoms with E-state index in [0.29, 0.717) is 19.3 Å². The third-order valence-corrected chi connectivity index (χ3v) is 10.3. The number of allylic oxidation sites excluding steroid dienone is 10. The quantitative estimate of drug-likeness (QED) is 0.0316. The lowest BCUT2D eigenvalue weighted by atomic mass is 10.00. The molecule has 0 spiro atoms. The van der Waals surface area contributed by atoms with Gasteiger partial charge < -0.3 is 25.7 Å². The van der Waals surface area contributed by atoms with E-state index in [9.17, 15) is 25.2 Å². The Balaban J connectivity index is 3.73. The van der Waals surface area contributed by atoms with Crippen LogP contribution in [0.25, 0.3) is 0 Å². The Morgan fingerprint density at radius 2 is 0.907 bits per heavy atom. The monoisotopic (exact) mass is 758 g/mol. The number of aliphatic hydroxyl groups excluding tert-OH is 4. The molecule has 0 saturated carbocycles. The van der Waals surface area contributed by atoms with Crippen LogP contribution in [0.15, 0.2) is 60.8 Å². The van der Waals surface area contributed by atoms with Crippen LogP contribution < -0.4 is 5.32 Å². The van der Waals surface area contributed by atoms with Crippen LogP contribution in [-0.4, -0.2) is 57.3 Å². The molecule has 314 valence electrons. The molecule has 0 aliphatic heterocycles. The van der Waals surface area contributed by atoms with Gasteiger partial charge in [0.15, 0.2) is 0 Å². The van der Waals surface area contributed by atoms with E-state index in [1.807, 2.05) is 6.92 Å². The molecule has 0 radical (unpaired) electrons. The van der Waals surface area contributed by atoms with E-state index in [0.717, 1.165) is 57.8 Å². The Bertz CT molecular complexity index is 941. The summed E-state index contributed by atoms with van der Waals surface area (Å²) in [5.41, 5.74) is 0. The number of carbonyl (C=O) groups is 1. The van der Waals surface area contributed by atoms with Crippen molar-refractivity contribution in [3.63, 3.8) is 0 Å². The number of rotatable bonds is 40. The number of unbranched alkanes of at least 4 members (excludes halogenated alkanes) is 22. The minimum absolute atomic E-state index is 0.352. The summed E-state index contributed by atoms with van der Waals surface area (Å²) in [7, 11) is 0. The molecule has 6 nitrogen and oxygen atoms in total. The van der Waals surface area contributed by atoms with Crippen molar-refractivity contribution in [1.29, 1.82) is 0 Å². The third-order valence-electron chi connectivity index (χ3n) is 10.3. The lowest BCUT2D eigenvalue weighted by Crippen LogP contribution is -2.53. The summed E-state index contributed by atoms with van der Waals surface area (Å²) in [4.78, 5) is 12.5. The molecule has 0 aliphatic rings. The molecule has 54 heavy (non-hydrogen) atoms. The zero-order valence-electron chi connectivity index (χ0n) is 35.2. The highest BCUT2D eigenvalue weighted by Gasteiger charge is 2.28. The fourth-order valence-electron chi connectivity index (χ4n) is 6.65. The van der Waals surface area contributed by atoms with Crippen molar-refractivity contribution < 1.29 is 25.2 Å². The SMILES string of the molecule is C/C=C/CC/C=C/CC/C=C/CCCC(O)C(O)C(CO)NC(=O)C(O)CCCCCCCCCCCC/C=C\C/C=C\CCCCCCCCCCC. The van der Waals surface area contributed by atoms with Gasteiger partial charge in [-0.1, -0.05) is 177 Å². The number of hydrogen-bond donors (Lipinski definition) is 5. The van der Waals surface area contributed by atoms with Crippen LogP contribution in [-0.2, 0) is 4.79 Å². The Labute approximate surface area is 333 Å². The van der Waals surface area contributed by atoms with Gasteiger partial charge in [0.05, 0.1) is 18.8 Å². The van der Waals surface area contributed by atoms with Crippen molar-refractivity contribution in [3.05, 3.63) is 60.8 Å². The molecule has 0 bridgehead atoms. The maximum absolute atomic E-state index is 12.5. The lowest BCUT2D eigenvalue weighted by Gasteiger charge is -2.27. The largest absolute Gasteiger partial charge is 0.394 e. The summed E-state index contributed by atoms with van der Waals surface area (Å²) >= 11 is 0. The minimum atomic E-state index is -1.30. The van der Waals surface area contributed by atoms with Crippen LogP contribution in [0, 0.1) is 0 Å². The Hall–Kier alpha value is -1.99. The molecule has 0 saturated heterocycles. The number of amides is 1. The van der Waals surface area contributed by atoms with E-state index in [2.05, 4.69) is 73.0 Å². The van der Waals surface area contributed by atoms with E-state index in [1.165, 1.54) is 116 Å². The van der Waals surface area contributed by atoms with Crippen LogP contribution in [0.3, 0.4) is 0 Å². The maximum Gasteiger partial charge on any atom is 0.249 e. The van der Waals surface area contributed by atoms with Crippen molar-refractivity contribution in [2.45, 2.75) is 231 Å². The second-order valence-electron chi connectivity index (χ2n) is 15.4. The van der Waals surface area contributed by atoms with E-state index >= 15 is 0 Å². The molecular formula is C48H87NO5. The van der Waals surface area contributed by atoms with E-state index in [4.69, 9.17) is 0 Å². The molecule has 6 heteroatoms. The van der Waals surface area contributed by atoms with Gasteiger partial charge in [-0.2, -0.15) is 0 Å². The van der Waals surface area contributed by atoms with Gasteiger partial charge in [-0.05, 0) is 90.4 Å². The smallest absolute Gasteiger partial charge is 0.249 e. The number of aliphatic hydroxyl groups is 4. The summed E-state index contributed by atoms with van der Waals surface area (Å²) in [5, 5.41) is 43.6. The van der Waals surface area contributed by atoms with Crippen LogP contribution in [0.2, 0.25) is 0 Å². The fourth-order valence-corrected chi connectivity index (χ4v) is 6.65. The summed E-state index contributed by atoms with van der Waals surface area (Å²) < 4.78 is 0. The van der Waals surface area contributed by atoms with Gasteiger partial charge in [0.2, 0.25) is 5.91 Å². The molecule has 0 heterocycles. The van der Waals surface area contributed by atoms with Gasteiger partial charge in [-0.25, -0.2) is 0 Å². The highest BCUT2D eigenvalue weighted by atomic mass is 16.3. The molecule has 5 N–H and O–H groups in total. The summed E-state index contributed by atoms with van der Waals surface area (Å²) in [6, 6.07) is -1.01. The maximum atomic E-state index is 12.5. The second kappa shape index (κ2) is 42.2. The standard InChI is InChI=1S/C48H87NO5/c1-3-5-7-9-11-13-15-17-18-19-20-21-22-23-24-25-26-27-28-29-30-32-34-36-38-40-42-46(52)48(54)49-44(43-50)47(53)45(51)41-39-37-35-33-31-16-14-12-10-8-6-4-2/h4,6,12,14,20-21,23-24,33,35,44-47,50-53H,3,5,7-11,13,15-19,22,25-32,34,36-43H2,1-2H3,(H,49,54)/b6-4+,14-12+,21-20-,24-23-,35-33+. The molecule has 4 unspecified atom stereocenters. The predicted molar refractivity (Wildman–Crippen MR) is 233 cm³/mol. The van der Waals surface area contributed by atoms with Gasteiger partial charge in [0.25, 0.3) is 0 Å². The van der Waals surface area contributed by atoms with E-state index in [1.54, 1.807) is 0 Å². The highest BCUT2D eigenvalue weighted by molar-refractivity contribution is 5.80. The van der Waals surface area contributed by atoms with Gasteiger partial charge in [0.1, 0.15) is 12.2 Å². The first-order valence-corrected chi connectivity index (χ1v) is 22.6. The molecule has 0 fully saturated rings. The van der Waals surface area contributed by atoms with Crippen LogP contribution in [0.1, 0.15) is 206 Å². The number of carbonyl (C=O) groups excluding carboxylic acids is 1. The van der Waals surface area contributed by atoms with Crippen molar-refractivity contribution >= 4 is 5.91 Å². The van der Waals surface area contributed by atoms with Gasteiger partial charge in [-0.15, -0.1) is 0 Å². The van der Waals surface area contributed by atoms with Gasteiger partial charge in [-0.3, -0.25) is 4.79 Å². The zero-order chi connectivity index (χ0) is 39.6. The lowest BCUT2D eigenvalue weighted by molar-refractivity contribution is -0.132. The van der Waals surface area contributed by atoms with Crippen molar-refractivity contribution in [3.8, 4) is 0 Å². The minimum Gasteiger partial charge on any atom is -0.394 e. The average Bonchev–Trinajstić information content (AvgIpc) is 3.18. The number of hydrogen-bond acceptors (Lipinski definition) is 5. The molecule has 1 amide bonds. The molecule has 0 rings (SSSR count). The first-order valence-electron chi connectivity index (χ1n) is 22.6. The normalized spacial score (nSPS) is 14.7. The highest BCUT2D eigenvalue weighted by Crippen LogP contribution is 2.15. The molecule has 0 aromatic heterocycles. The fraction of sp³-hybridized carbons (Fsp3) is 0.771. The molecular weight excluding hydrogens is 671 g/mol. The summed E-state index contributed by atoms with van der Waals surface area (Å²) in [6.45, 7) is 3.81. The van der Waals surface area contributed by atoms with Crippen LogP contribution >= 0.6 is 0 Å². The third kappa shape index (κ3) is 35.7. The van der Waals surface area contributed by atoms with E-state index in [-0.39, 0.29) is 0 Å². The number of nitrogens with one attached hydrogen (secondary N) is 1. The topological polar surface area (TPSA) is 110 Å². The molecule has 0 aliphatic carbocycles.